The van der Waals surface area contributed by atoms with E-state index in [0.717, 1.165) is 10.2 Å². The van der Waals surface area contributed by atoms with Crippen LogP contribution in [0.15, 0.2) is 65.8 Å². The molecule has 10 heteroatoms. The number of nitrogens with zero attached hydrogens (tertiary/aromatic N) is 3. The van der Waals surface area contributed by atoms with Crippen LogP contribution in [-0.2, 0) is 4.79 Å². The molecule has 0 unspecified atom stereocenters. The highest BCUT2D eigenvalue weighted by Gasteiger charge is 2.19. The van der Waals surface area contributed by atoms with Crippen LogP contribution < -0.4 is 24.0 Å². The summed E-state index contributed by atoms with van der Waals surface area (Å²) in [5, 5.41) is 6.64. The lowest BCUT2D eigenvalue weighted by atomic mass is 10.2. The number of anilines is 1. The molecule has 4 rings (SSSR count). The van der Waals surface area contributed by atoms with E-state index < -0.39 is 5.91 Å². The van der Waals surface area contributed by atoms with Crippen LogP contribution in [0.5, 0.6) is 23.0 Å². The van der Waals surface area contributed by atoms with Crippen LogP contribution >= 0.6 is 22.9 Å². The number of halogens is 1. The molecule has 0 spiro atoms. The molecule has 190 valence electrons. The number of hydrogen-bond donors (Lipinski definition) is 0. The van der Waals surface area contributed by atoms with Crippen LogP contribution in [0, 0.1) is 0 Å². The van der Waals surface area contributed by atoms with Crippen molar-refractivity contribution in [2.24, 2.45) is 5.10 Å². The average molecular weight is 538 g/mol. The Hall–Kier alpha value is -4.08. The predicted molar refractivity (Wildman–Crippen MR) is 148 cm³/mol. The Kier molecular flexibility index (Phi) is 8.27. The number of ether oxygens (including phenoxy) is 4. The van der Waals surface area contributed by atoms with Gasteiger partial charge in [0.15, 0.2) is 11.5 Å². The van der Waals surface area contributed by atoms with E-state index in [2.05, 4.69) is 10.1 Å². The normalized spacial score (nSPS) is 11.3. The number of thiazole rings is 1. The number of hydrazone groups is 1. The minimum Gasteiger partial charge on any atom is -0.497 e. The molecule has 0 radical (unpaired) electrons. The molecule has 1 heterocycles. The Morgan fingerprint density at radius 2 is 1.70 bits per heavy atom. The zero-order chi connectivity index (χ0) is 26.4. The number of benzene rings is 3. The topological polar surface area (TPSA) is 82.5 Å². The molecule has 0 saturated heterocycles. The second-order valence-corrected chi connectivity index (χ2v) is 8.95. The Balaban J connectivity index is 1.74. The van der Waals surface area contributed by atoms with Gasteiger partial charge in [0.1, 0.15) is 5.75 Å². The molecular formula is C27H24ClN3O5S. The van der Waals surface area contributed by atoms with E-state index in [1.165, 1.54) is 50.0 Å². The molecule has 1 aromatic heterocycles. The first kappa shape index (κ1) is 26.0. The first-order valence-electron chi connectivity index (χ1n) is 11.0. The lowest BCUT2D eigenvalue weighted by Gasteiger charge is -2.14. The summed E-state index contributed by atoms with van der Waals surface area (Å²) in [7, 11) is 6.19. The second-order valence-electron chi connectivity index (χ2n) is 7.54. The molecule has 37 heavy (non-hydrogen) atoms. The molecule has 0 saturated carbocycles. The number of hydrogen-bond acceptors (Lipinski definition) is 8. The molecule has 0 aliphatic carbocycles. The lowest BCUT2D eigenvalue weighted by molar-refractivity contribution is -0.114. The fourth-order valence-electron chi connectivity index (χ4n) is 3.45. The molecule has 0 atom stereocenters. The molecular weight excluding hydrogens is 514 g/mol. The summed E-state index contributed by atoms with van der Waals surface area (Å²) in [6, 6.07) is 16.2. The fourth-order valence-corrected chi connectivity index (χ4v) is 4.61. The van der Waals surface area contributed by atoms with Crippen LogP contribution in [0.2, 0.25) is 5.02 Å². The fraction of sp³-hybridized carbons (Fsp3) is 0.148. The number of carbonyl (C=O) groups is 1. The summed E-state index contributed by atoms with van der Waals surface area (Å²) >= 11 is 7.56. The van der Waals surface area contributed by atoms with Crippen molar-refractivity contribution in [2.75, 3.05) is 33.4 Å². The van der Waals surface area contributed by atoms with Gasteiger partial charge in [-0.15, -0.1) is 0 Å². The van der Waals surface area contributed by atoms with Crippen LogP contribution in [0.25, 0.3) is 16.3 Å². The quantitative estimate of drug-likeness (QED) is 0.146. The highest BCUT2D eigenvalue weighted by atomic mass is 35.5. The molecule has 0 N–H and O–H groups in total. The molecule has 0 aliphatic rings. The van der Waals surface area contributed by atoms with Gasteiger partial charge in [0.2, 0.25) is 10.9 Å². The highest BCUT2D eigenvalue weighted by Crippen LogP contribution is 2.38. The summed E-state index contributed by atoms with van der Waals surface area (Å²) in [6.07, 6.45) is 4.57. The zero-order valence-electron chi connectivity index (χ0n) is 20.6. The Morgan fingerprint density at radius 3 is 2.35 bits per heavy atom. The maximum Gasteiger partial charge on any atom is 0.273 e. The van der Waals surface area contributed by atoms with Gasteiger partial charge in [0.25, 0.3) is 5.91 Å². The van der Waals surface area contributed by atoms with E-state index in [0.29, 0.717) is 44.3 Å². The summed E-state index contributed by atoms with van der Waals surface area (Å²) in [4.78, 5) is 18.0. The van der Waals surface area contributed by atoms with Crippen LogP contribution in [0.1, 0.15) is 11.1 Å². The highest BCUT2D eigenvalue weighted by molar-refractivity contribution is 7.22. The van der Waals surface area contributed by atoms with Crippen molar-refractivity contribution in [3.8, 4) is 23.0 Å². The summed E-state index contributed by atoms with van der Waals surface area (Å²) in [6.45, 7) is 0. The van der Waals surface area contributed by atoms with Gasteiger partial charge in [-0.1, -0.05) is 41.1 Å². The monoisotopic (exact) mass is 537 g/mol. The minimum atomic E-state index is -0.408. The van der Waals surface area contributed by atoms with Crippen molar-refractivity contribution in [3.63, 3.8) is 0 Å². The van der Waals surface area contributed by atoms with Gasteiger partial charge in [0, 0.05) is 16.7 Å². The maximum atomic E-state index is 13.4. The molecule has 8 nitrogen and oxygen atoms in total. The minimum absolute atomic E-state index is 0.390. The van der Waals surface area contributed by atoms with Gasteiger partial charge in [0.05, 0.1) is 44.9 Å². The van der Waals surface area contributed by atoms with Gasteiger partial charge in [-0.3, -0.25) is 4.79 Å². The predicted octanol–water partition coefficient (Wildman–Crippen LogP) is 6.06. The largest absolute Gasteiger partial charge is 0.497 e. The van der Waals surface area contributed by atoms with Crippen molar-refractivity contribution < 1.29 is 23.7 Å². The standard InChI is InChI=1S/C27H24ClN3O5S/c1-33-19-10-11-21-24(15-19)37-27(30-21)31(25(32)12-9-18-7-5-6-8-20(18)28)29-16-17-13-22(34-2)26(36-4)23(14-17)35-3/h5-16H,1-4H3/b12-9+,29-16+. The van der Waals surface area contributed by atoms with Gasteiger partial charge >= 0.3 is 0 Å². The average Bonchev–Trinajstić information content (AvgIpc) is 3.34. The molecule has 0 aliphatic heterocycles. The third-order valence-electron chi connectivity index (χ3n) is 5.29. The smallest absolute Gasteiger partial charge is 0.273 e. The van der Waals surface area contributed by atoms with E-state index in [1.807, 2.05) is 36.4 Å². The van der Waals surface area contributed by atoms with Crippen LogP contribution in [0.3, 0.4) is 0 Å². The first-order chi connectivity index (χ1) is 18.0. The molecule has 1 amide bonds. The van der Waals surface area contributed by atoms with E-state index >= 15 is 0 Å². The van der Waals surface area contributed by atoms with Crippen molar-refractivity contribution >= 4 is 56.5 Å². The molecule has 3 aromatic carbocycles. The Labute approximate surface area is 223 Å². The summed E-state index contributed by atoms with van der Waals surface area (Å²) < 4.78 is 22.4. The number of carbonyl (C=O) groups excluding carboxylic acids is 1. The second kappa shape index (κ2) is 11.8. The number of fused-ring (bicyclic) bond motifs is 1. The molecule has 0 bridgehead atoms. The van der Waals surface area contributed by atoms with Crippen LogP contribution in [-0.4, -0.2) is 45.5 Å². The summed E-state index contributed by atoms with van der Waals surface area (Å²) in [5.41, 5.74) is 2.06. The van der Waals surface area contributed by atoms with Gasteiger partial charge in [-0.05, 0) is 48.0 Å². The third-order valence-corrected chi connectivity index (χ3v) is 6.63. The summed E-state index contributed by atoms with van der Waals surface area (Å²) in [5.74, 6) is 1.67. The van der Waals surface area contributed by atoms with Gasteiger partial charge in [-0.2, -0.15) is 10.1 Å². The SMILES string of the molecule is COc1ccc2nc(N(/N=C/c3cc(OC)c(OC)c(OC)c3)C(=O)/C=C/c3ccccc3Cl)sc2c1. The van der Waals surface area contributed by atoms with E-state index in [-0.39, 0.29) is 0 Å². The number of aromatic nitrogens is 1. The van der Waals surface area contributed by atoms with E-state index in [1.54, 1.807) is 31.4 Å². The number of amides is 1. The number of methoxy groups -OCH3 is 4. The zero-order valence-corrected chi connectivity index (χ0v) is 22.2. The maximum absolute atomic E-state index is 13.4. The lowest BCUT2D eigenvalue weighted by Crippen LogP contribution is -2.23. The Morgan fingerprint density at radius 1 is 0.973 bits per heavy atom. The first-order valence-corrected chi connectivity index (χ1v) is 12.2. The van der Waals surface area contributed by atoms with Gasteiger partial charge < -0.3 is 18.9 Å². The van der Waals surface area contributed by atoms with Crippen LogP contribution in [0.4, 0.5) is 5.13 Å². The van der Waals surface area contributed by atoms with Crippen molar-refractivity contribution in [3.05, 3.63) is 76.8 Å². The van der Waals surface area contributed by atoms with Gasteiger partial charge in [-0.25, -0.2) is 4.98 Å². The van der Waals surface area contributed by atoms with E-state index in [4.69, 9.17) is 30.5 Å². The number of rotatable bonds is 9. The molecule has 4 aromatic rings. The van der Waals surface area contributed by atoms with E-state index in [9.17, 15) is 4.79 Å². The third kappa shape index (κ3) is 5.84. The molecule has 0 fully saturated rings. The van der Waals surface area contributed by atoms with Crippen molar-refractivity contribution in [1.82, 2.24) is 4.98 Å². The Bertz CT molecular complexity index is 1460. The van der Waals surface area contributed by atoms with Crippen molar-refractivity contribution in [2.45, 2.75) is 0 Å². The van der Waals surface area contributed by atoms with Crippen molar-refractivity contribution in [1.29, 1.82) is 0 Å².